The zero-order valence-electron chi connectivity index (χ0n) is 17.1. The van der Waals surface area contributed by atoms with Gasteiger partial charge in [0.2, 0.25) is 5.91 Å². The fraction of sp³-hybridized carbons (Fsp3) is 0.429. The smallest absolute Gasteiger partial charge is 0.332 e. The van der Waals surface area contributed by atoms with Crippen LogP contribution in [0.5, 0.6) is 0 Å². The molecule has 0 saturated heterocycles. The Morgan fingerprint density at radius 3 is 2.60 bits per heavy atom. The van der Waals surface area contributed by atoms with E-state index in [2.05, 4.69) is 10.3 Å². The molecule has 0 spiro atoms. The van der Waals surface area contributed by atoms with Gasteiger partial charge in [0.15, 0.2) is 16.3 Å². The summed E-state index contributed by atoms with van der Waals surface area (Å²) in [6.07, 6.45) is 3.25. The van der Waals surface area contributed by atoms with E-state index in [0.717, 1.165) is 29.4 Å². The van der Waals surface area contributed by atoms with Gasteiger partial charge in [-0.25, -0.2) is 9.78 Å². The van der Waals surface area contributed by atoms with Crippen molar-refractivity contribution < 1.29 is 4.79 Å². The molecule has 2 heterocycles. The molecule has 0 radical (unpaired) electrons. The highest BCUT2D eigenvalue weighted by Gasteiger charge is 2.23. The van der Waals surface area contributed by atoms with E-state index < -0.39 is 5.56 Å². The van der Waals surface area contributed by atoms with Crippen LogP contribution in [0.25, 0.3) is 11.2 Å². The summed E-state index contributed by atoms with van der Waals surface area (Å²) in [7, 11) is 3.12. The number of benzene rings is 1. The first-order chi connectivity index (χ1) is 14.5. The molecule has 9 heteroatoms. The van der Waals surface area contributed by atoms with Crippen LogP contribution in [0.15, 0.2) is 45.1 Å². The lowest BCUT2D eigenvalue weighted by Crippen LogP contribution is -2.37. The first-order valence-electron chi connectivity index (χ1n) is 10.1. The van der Waals surface area contributed by atoms with Gasteiger partial charge in [-0.1, -0.05) is 42.1 Å². The Hall–Kier alpha value is -2.81. The molecular formula is C21H25N5O3S. The van der Waals surface area contributed by atoms with E-state index in [4.69, 9.17) is 0 Å². The second-order valence-corrected chi connectivity index (χ2v) is 8.66. The molecular weight excluding hydrogens is 402 g/mol. The molecule has 4 rings (SSSR count). The van der Waals surface area contributed by atoms with Crippen LogP contribution in [0.2, 0.25) is 0 Å². The SMILES string of the molecule is Cn1c(=O)c2nc(SCCC(=O)NC3CC3)n(CCc3ccccc3)c2n(C)c1=O. The summed E-state index contributed by atoms with van der Waals surface area (Å²) in [6, 6.07) is 10.4. The molecule has 1 aromatic carbocycles. The number of amides is 1. The molecule has 0 unspecified atom stereocenters. The Bertz CT molecular complexity index is 1190. The molecule has 2 aromatic heterocycles. The van der Waals surface area contributed by atoms with Gasteiger partial charge >= 0.3 is 5.69 Å². The van der Waals surface area contributed by atoms with Crippen molar-refractivity contribution in [1.29, 1.82) is 0 Å². The average Bonchev–Trinajstić information content (AvgIpc) is 3.48. The number of thioether (sulfide) groups is 1. The molecule has 8 nitrogen and oxygen atoms in total. The molecule has 3 aromatic rings. The largest absolute Gasteiger partial charge is 0.353 e. The second kappa shape index (κ2) is 8.51. The number of aryl methyl sites for hydroxylation is 3. The van der Waals surface area contributed by atoms with Gasteiger partial charge in [0.25, 0.3) is 5.56 Å². The van der Waals surface area contributed by atoms with Crippen molar-refractivity contribution in [3.63, 3.8) is 0 Å². The van der Waals surface area contributed by atoms with Gasteiger partial charge in [-0.3, -0.25) is 18.7 Å². The van der Waals surface area contributed by atoms with Crippen molar-refractivity contribution in [3.05, 3.63) is 56.7 Å². The lowest BCUT2D eigenvalue weighted by Gasteiger charge is -2.11. The molecule has 0 atom stereocenters. The van der Waals surface area contributed by atoms with Crippen LogP contribution in [-0.4, -0.2) is 36.4 Å². The van der Waals surface area contributed by atoms with Crippen LogP contribution in [-0.2, 0) is 31.9 Å². The number of nitrogens with one attached hydrogen (secondary N) is 1. The van der Waals surface area contributed by atoms with Gasteiger partial charge in [0.05, 0.1) is 0 Å². The lowest BCUT2D eigenvalue weighted by atomic mass is 10.1. The fourth-order valence-corrected chi connectivity index (χ4v) is 4.39. The molecule has 0 aliphatic heterocycles. The van der Waals surface area contributed by atoms with E-state index in [-0.39, 0.29) is 17.1 Å². The van der Waals surface area contributed by atoms with E-state index in [1.165, 1.54) is 23.4 Å². The van der Waals surface area contributed by atoms with Gasteiger partial charge in [0, 0.05) is 38.9 Å². The third-order valence-corrected chi connectivity index (χ3v) is 6.25. The maximum absolute atomic E-state index is 12.7. The summed E-state index contributed by atoms with van der Waals surface area (Å²) in [4.78, 5) is 41.7. The minimum Gasteiger partial charge on any atom is -0.353 e. The monoisotopic (exact) mass is 427 g/mol. The molecule has 1 aliphatic rings. The molecule has 1 amide bonds. The molecule has 30 heavy (non-hydrogen) atoms. The quantitative estimate of drug-likeness (QED) is 0.550. The minimum atomic E-state index is -0.403. The number of nitrogens with zero attached hydrogens (tertiary/aromatic N) is 4. The third kappa shape index (κ3) is 4.21. The number of aromatic nitrogens is 4. The highest BCUT2D eigenvalue weighted by atomic mass is 32.2. The Morgan fingerprint density at radius 2 is 1.90 bits per heavy atom. The minimum absolute atomic E-state index is 0.0419. The van der Waals surface area contributed by atoms with Crippen molar-refractivity contribution in [2.75, 3.05) is 5.75 Å². The maximum Gasteiger partial charge on any atom is 0.332 e. The van der Waals surface area contributed by atoms with Gasteiger partial charge in [-0.05, 0) is 24.8 Å². The van der Waals surface area contributed by atoms with Crippen LogP contribution < -0.4 is 16.6 Å². The zero-order valence-corrected chi connectivity index (χ0v) is 17.9. The molecule has 1 fully saturated rings. The third-order valence-electron chi connectivity index (χ3n) is 5.27. The molecule has 1 saturated carbocycles. The first-order valence-corrected chi connectivity index (χ1v) is 11.1. The molecule has 1 N–H and O–H groups in total. The van der Waals surface area contributed by atoms with Crippen molar-refractivity contribution in [2.24, 2.45) is 14.1 Å². The normalized spacial score (nSPS) is 13.7. The second-order valence-electron chi connectivity index (χ2n) is 7.60. The summed E-state index contributed by atoms with van der Waals surface area (Å²) in [5, 5.41) is 3.63. The van der Waals surface area contributed by atoms with E-state index in [1.54, 1.807) is 7.05 Å². The topological polar surface area (TPSA) is 90.9 Å². The Kier molecular flexibility index (Phi) is 5.80. The number of rotatable bonds is 8. The number of hydrogen-bond donors (Lipinski definition) is 1. The van der Waals surface area contributed by atoms with E-state index in [9.17, 15) is 14.4 Å². The van der Waals surface area contributed by atoms with Crippen molar-refractivity contribution in [2.45, 2.75) is 43.4 Å². The highest BCUT2D eigenvalue weighted by Crippen LogP contribution is 2.24. The number of hydrogen-bond acceptors (Lipinski definition) is 5. The summed E-state index contributed by atoms with van der Waals surface area (Å²) in [5.74, 6) is 0.599. The first kappa shape index (κ1) is 20.5. The Morgan fingerprint density at radius 1 is 1.17 bits per heavy atom. The number of imidazole rings is 1. The molecule has 158 valence electrons. The number of carbonyl (C=O) groups is 1. The average molecular weight is 428 g/mol. The van der Waals surface area contributed by atoms with Gasteiger partial charge in [0.1, 0.15) is 0 Å². The molecule has 1 aliphatic carbocycles. The van der Waals surface area contributed by atoms with Crippen LogP contribution in [0.4, 0.5) is 0 Å². The Labute approximate surface area is 177 Å². The van der Waals surface area contributed by atoms with Crippen LogP contribution in [0.3, 0.4) is 0 Å². The van der Waals surface area contributed by atoms with Crippen LogP contribution in [0.1, 0.15) is 24.8 Å². The van der Waals surface area contributed by atoms with Gasteiger partial charge in [-0.15, -0.1) is 0 Å². The van der Waals surface area contributed by atoms with Crippen molar-refractivity contribution >= 4 is 28.8 Å². The van der Waals surface area contributed by atoms with Crippen LogP contribution in [0, 0.1) is 0 Å². The number of carbonyl (C=O) groups excluding carboxylic acids is 1. The van der Waals surface area contributed by atoms with E-state index in [0.29, 0.717) is 35.6 Å². The predicted molar refractivity (Wildman–Crippen MR) is 117 cm³/mol. The van der Waals surface area contributed by atoms with E-state index in [1.807, 2.05) is 34.9 Å². The standard InChI is InChI=1S/C21H25N5O3S/c1-24-18-17(19(28)25(2)21(24)29)23-20(30-13-11-16(27)22-15-8-9-15)26(18)12-10-14-6-4-3-5-7-14/h3-7,15H,8-13H2,1-2H3,(H,22,27). The predicted octanol–water partition coefficient (Wildman–Crippen LogP) is 1.44. The van der Waals surface area contributed by atoms with Crippen LogP contribution >= 0.6 is 11.8 Å². The maximum atomic E-state index is 12.7. The highest BCUT2D eigenvalue weighted by molar-refractivity contribution is 7.99. The Balaban J connectivity index is 1.63. The lowest BCUT2D eigenvalue weighted by molar-refractivity contribution is -0.120. The molecule has 0 bridgehead atoms. The summed E-state index contributed by atoms with van der Waals surface area (Å²) < 4.78 is 4.47. The van der Waals surface area contributed by atoms with Crippen molar-refractivity contribution in [1.82, 2.24) is 24.0 Å². The van der Waals surface area contributed by atoms with Gasteiger partial charge < -0.3 is 9.88 Å². The van der Waals surface area contributed by atoms with Crippen molar-refractivity contribution in [3.8, 4) is 0 Å². The summed E-state index contributed by atoms with van der Waals surface area (Å²) in [6.45, 7) is 0.581. The fourth-order valence-electron chi connectivity index (χ4n) is 3.43. The summed E-state index contributed by atoms with van der Waals surface area (Å²) in [5.41, 5.74) is 1.17. The number of fused-ring (bicyclic) bond motifs is 1. The summed E-state index contributed by atoms with van der Waals surface area (Å²) >= 11 is 1.44. The van der Waals surface area contributed by atoms with Gasteiger partial charge in [-0.2, -0.15) is 0 Å². The zero-order chi connectivity index (χ0) is 21.3. The van der Waals surface area contributed by atoms with E-state index >= 15 is 0 Å².